The summed E-state index contributed by atoms with van der Waals surface area (Å²) in [6.45, 7) is 2.05. The Hall–Kier alpha value is -1.45. The SMILES string of the molecule is COc1cnc(C(NN)c2cccc(C)c2I)c(OC)n1. The summed E-state index contributed by atoms with van der Waals surface area (Å²) in [5.41, 5.74) is 5.60. The summed E-state index contributed by atoms with van der Waals surface area (Å²) in [6, 6.07) is 5.73. The van der Waals surface area contributed by atoms with Gasteiger partial charge in [-0.25, -0.2) is 10.4 Å². The third-order valence-corrected chi connectivity index (χ3v) is 4.59. The highest BCUT2D eigenvalue weighted by molar-refractivity contribution is 14.1. The lowest BCUT2D eigenvalue weighted by atomic mass is 10.0. The van der Waals surface area contributed by atoms with Crippen LogP contribution >= 0.6 is 22.6 Å². The maximum Gasteiger partial charge on any atom is 0.240 e. The summed E-state index contributed by atoms with van der Waals surface area (Å²) >= 11 is 2.30. The van der Waals surface area contributed by atoms with Crippen LogP contribution in [0.3, 0.4) is 0 Å². The van der Waals surface area contributed by atoms with E-state index in [4.69, 9.17) is 15.3 Å². The number of nitrogens with one attached hydrogen (secondary N) is 1. The Kier molecular flexibility index (Phi) is 5.32. The van der Waals surface area contributed by atoms with E-state index in [1.54, 1.807) is 13.3 Å². The quantitative estimate of drug-likeness (QED) is 0.454. The highest BCUT2D eigenvalue weighted by Crippen LogP contribution is 2.31. The van der Waals surface area contributed by atoms with Crippen LogP contribution in [-0.4, -0.2) is 24.2 Å². The molecule has 0 amide bonds. The molecule has 0 aliphatic heterocycles. The van der Waals surface area contributed by atoms with E-state index in [1.807, 2.05) is 12.1 Å². The van der Waals surface area contributed by atoms with E-state index >= 15 is 0 Å². The fraction of sp³-hybridized carbons (Fsp3) is 0.286. The fourth-order valence-corrected chi connectivity index (χ4v) is 2.69. The van der Waals surface area contributed by atoms with Crippen LogP contribution in [-0.2, 0) is 0 Å². The predicted octanol–water partition coefficient (Wildman–Crippen LogP) is 1.96. The second-order valence-electron chi connectivity index (χ2n) is 4.38. The lowest BCUT2D eigenvalue weighted by Gasteiger charge is -2.20. The van der Waals surface area contributed by atoms with Crippen molar-refractivity contribution in [1.29, 1.82) is 0 Å². The Balaban J connectivity index is 2.53. The molecule has 1 aromatic heterocycles. The number of benzene rings is 1. The molecule has 3 N–H and O–H groups in total. The molecule has 1 atom stereocenters. The Morgan fingerprint density at radius 3 is 2.67 bits per heavy atom. The molecule has 0 radical (unpaired) electrons. The third-order valence-electron chi connectivity index (χ3n) is 3.12. The summed E-state index contributed by atoms with van der Waals surface area (Å²) in [5, 5.41) is 0. The molecule has 0 spiro atoms. The molecule has 7 heteroatoms. The zero-order chi connectivity index (χ0) is 15.4. The molecule has 112 valence electrons. The molecule has 21 heavy (non-hydrogen) atoms. The van der Waals surface area contributed by atoms with Crippen LogP contribution in [0.1, 0.15) is 22.9 Å². The van der Waals surface area contributed by atoms with Gasteiger partial charge in [0.1, 0.15) is 5.69 Å². The van der Waals surface area contributed by atoms with Crippen LogP contribution in [0, 0.1) is 10.5 Å². The van der Waals surface area contributed by atoms with Gasteiger partial charge in [-0.1, -0.05) is 18.2 Å². The van der Waals surface area contributed by atoms with Gasteiger partial charge in [-0.3, -0.25) is 5.84 Å². The van der Waals surface area contributed by atoms with Crippen LogP contribution in [0.15, 0.2) is 24.4 Å². The first-order chi connectivity index (χ1) is 10.1. The number of hydrogen-bond acceptors (Lipinski definition) is 6. The van der Waals surface area contributed by atoms with E-state index in [1.165, 1.54) is 12.7 Å². The topological polar surface area (TPSA) is 82.3 Å². The lowest BCUT2D eigenvalue weighted by Crippen LogP contribution is -2.30. The molecule has 0 fully saturated rings. The first-order valence-corrected chi connectivity index (χ1v) is 7.36. The molecule has 2 rings (SSSR count). The van der Waals surface area contributed by atoms with Crippen molar-refractivity contribution in [2.24, 2.45) is 5.84 Å². The lowest BCUT2D eigenvalue weighted by molar-refractivity contribution is 0.352. The van der Waals surface area contributed by atoms with Crippen LogP contribution < -0.4 is 20.7 Å². The van der Waals surface area contributed by atoms with Gasteiger partial charge in [-0.2, -0.15) is 4.98 Å². The highest BCUT2D eigenvalue weighted by atomic mass is 127. The molecule has 0 saturated carbocycles. The number of methoxy groups -OCH3 is 2. The number of aromatic nitrogens is 2. The molecule has 0 aliphatic carbocycles. The standard InChI is InChI=1S/C14H17IN4O2/c1-8-5-4-6-9(11(8)15)12(19-16)13-14(21-3)18-10(20-2)7-17-13/h4-7,12,19H,16H2,1-3H3. The average Bonchev–Trinajstić information content (AvgIpc) is 2.52. The van der Waals surface area contributed by atoms with Crippen LogP contribution in [0.2, 0.25) is 0 Å². The Labute approximate surface area is 137 Å². The minimum Gasteiger partial charge on any atom is -0.480 e. The van der Waals surface area contributed by atoms with Gasteiger partial charge in [-0.15, -0.1) is 0 Å². The van der Waals surface area contributed by atoms with Crippen molar-refractivity contribution >= 4 is 22.6 Å². The molecular weight excluding hydrogens is 383 g/mol. The summed E-state index contributed by atoms with van der Waals surface area (Å²) in [4.78, 5) is 8.63. The van der Waals surface area contributed by atoms with Gasteiger partial charge < -0.3 is 9.47 Å². The number of rotatable bonds is 5. The maximum atomic E-state index is 5.74. The normalized spacial score (nSPS) is 12.0. The van der Waals surface area contributed by atoms with Crippen molar-refractivity contribution in [3.63, 3.8) is 0 Å². The van der Waals surface area contributed by atoms with Gasteiger partial charge in [0.25, 0.3) is 0 Å². The Morgan fingerprint density at radius 1 is 1.29 bits per heavy atom. The molecule has 2 aromatic rings. The minimum atomic E-state index is -0.315. The Morgan fingerprint density at radius 2 is 2.05 bits per heavy atom. The van der Waals surface area contributed by atoms with Crippen molar-refractivity contribution < 1.29 is 9.47 Å². The maximum absolute atomic E-state index is 5.74. The molecular formula is C14H17IN4O2. The van der Waals surface area contributed by atoms with Crippen LogP contribution in [0.25, 0.3) is 0 Å². The Bertz CT molecular complexity index is 636. The van der Waals surface area contributed by atoms with Crippen molar-refractivity contribution in [1.82, 2.24) is 15.4 Å². The molecule has 0 aliphatic rings. The first kappa shape index (κ1) is 15.9. The predicted molar refractivity (Wildman–Crippen MR) is 88.2 cm³/mol. The molecule has 0 saturated heterocycles. The molecule has 6 nitrogen and oxygen atoms in total. The molecule has 1 aromatic carbocycles. The fourth-order valence-electron chi connectivity index (χ4n) is 2.02. The van der Waals surface area contributed by atoms with Crippen molar-refractivity contribution in [2.75, 3.05) is 14.2 Å². The van der Waals surface area contributed by atoms with E-state index in [0.717, 1.165) is 9.13 Å². The number of halogens is 1. The number of nitrogens with two attached hydrogens (primary N) is 1. The van der Waals surface area contributed by atoms with Gasteiger partial charge in [0.2, 0.25) is 11.8 Å². The van der Waals surface area contributed by atoms with Crippen molar-refractivity contribution in [3.05, 3.63) is 44.8 Å². The second-order valence-corrected chi connectivity index (χ2v) is 5.46. The number of hydrogen-bond donors (Lipinski definition) is 2. The van der Waals surface area contributed by atoms with Crippen LogP contribution in [0.5, 0.6) is 11.8 Å². The van der Waals surface area contributed by atoms with Gasteiger partial charge in [-0.05, 0) is 40.6 Å². The molecule has 1 unspecified atom stereocenters. The van der Waals surface area contributed by atoms with Gasteiger partial charge in [0.15, 0.2) is 0 Å². The number of ether oxygens (including phenoxy) is 2. The highest BCUT2D eigenvalue weighted by Gasteiger charge is 2.23. The largest absolute Gasteiger partial charge is 0.480 e. The zero-order valence-electron chi connectivity index (χ0n) is 12.1. The van der Waals surface area contributed by atoms with E-state index in [-0.39, 0.29) is 6.04 Å². The minimum absolute atomic E-state index is 0.315. The molecule has 0 bridgehead atoms. The number of hydrazine groups is 1. The van der Waals surface area contributed by atoms with E-state index in [0.29, 0.717) is 17.5 Å². The summed E-state index contributed by atoms with van der Waals surface area (Å²) in [7, 11) is 3.08. The average molecular weight is 400 g/mol. The first-order valence-electron chi connectivity index (χ1n) is 6.28. The third kappa shape index (κ3) is 3.25. The summed E-state index contributed by atoms with van der Waals surface area (Å²) in [6.07, 6.45) is 1.55. The van der Waals surface area contributed by atoms with Gasteiger partial charge >= 0.3 is 0 Å². The van der Waals surface area contributed by atoms with Crippen LogP contribution in [0.4, 0.5) is 0 Å². The van der Waals surface area contributed by atoms with Crippen molar-refractivity contribution in [2.45, 2.75) is 13.0 Å². The van der Waals surface area contributed by atoms with E-state index in [2.05, 4.69) is 51.0 Å². The number of aryl methyl sites for hydroxylation is 1. The van der Waals surface area contributed by atoms with Gasteiger partial charge in [0, 0.05) is 3.57 Å². The second kappa shape index (κ2) is 7.01. The van der Waals surface area contributed by atoms with E-state index < -0.39 is 0 Å². The smallest absolute Gasteiger partial charge is 0.240 e. The van der Waals surface area contributed by atoms with Gasteiger partial charge in [0.05, 0.1) is 26.5 Å². The monoisotopic (exact) mass is 400 g/mol. The molecule has 1 heterocycles. The van der Waals surface area contributed by atoms with E-state index in [9.17, 15) is 0 Å². The number of nitrogens with zero attached hydrogens (tertiary/aromatic N) is 2. The zero-order valence-corrected chi connectivity index (χ0v) is 14.2. The summed E-state index contributed by atoms with van der Waals surface area (Å²) < 4.78 is 11.5. The summed E-state index contributed by atoms with van der Waals surface area (Å²) in [5.74, 6) is 6.52. The van der Waals surface area contributed by atoms with Crippen molar-refractivity contribution in [3.8, 4) is 11.8 Å².